The van der Waals surface area contributed by atoms with Crippen molar-refractivity contribution in [3.8, 4) is 0 Å². The van der Waals surface area contributed by atoms with Crippen LogP contribution in [0.5, 0.6) is 0 Å². The van der Waals surface area contributed by atoms with E-state index in [9.17, 15) is 4.79 Å². The Morgan fingerprint density at radius 1 is 1.00 bits per heavy atom. The lowest BCUT2D eigenvalue weighted by Crippen LogP contribution is -1.93. The molecule has 138 valence electrons. The van der Waals surface area contributed by atoms with Crippen molar-refractivity contribution in [2.45, 2.75) is 50.3 Å². The molecule has 0 heterocycles. The number of carbonyl (C=O) groups is 1. The molecule has 0 spiro atoms. The molecule has 0 atom stereocenters. The molecule has 0 saturated carbocycles. The van der Waals surface area contributed by atoms with Crippen molar-refractivity contribution in [2.75, 3.05) is 5.75 Å². The summed E-state index contributed by atoms with van der Waals surface area (Å²) in [5.41, 5.74) is 1.81. The average Bonchev–Trinajstić information content (AvgIpc) is 2.66. The second-order valence-corrected chi connectivity index (χ2v) is 8.81. The van der Waals surface area contributed by atoms with Crippen molar-refractivity contribution in [3.05, 3.63) is 69.3 Å². The van der Waals surface area contributed by atoms with Crippen LogP contribution >= 0.6 is 34.4 Å². The Hall–Kier alpha value is -1.07. The van der Waals surface area contributed by atoms with Crippen LogP contribution in [0.3, 0.4) is 0 Å². The van der Waals surface area contributed by atoms with Gasteiger partial charge in [-0.2, -0.15) is 0 Å². The van der Waals surface area contributed by atoms with E-state index in [0.717, 1.165) is 14.7 Å². The first-order valence-electron chi connectivity index (χ1n) is 9.40. The van der Waals surface area contributed by atoms with Gasteiger partial charge in [-0.3, -0.25) is 4.79 Å². The van der Waals surface area contributed by atoms with Gasteiger partial charge in [0.25, 0.3) is 0 Å². The number of rotatable bonds is 11. The van der Waals surface area contributed by atoms with Gasteiger partial charge in [0.1, 0.15) is 0 Å². The molecule has 0 fully saturated rings. The monoisotopic (exact) mass is 478 g/mol. The van der Waals surface area contributed by atoms with E-state index in [0.29, 0.717) is 0 Å². The second kappa shape index (κ2) is 12.3. The van der Waals surface area contributed by atoms with E-state index < -0.39 is 0 Å². The van der Waals surface area contributed by atoms with Gasteiger partial charge in [-0.05, 0) is 70.7 Å². The summed E-state index contributed by atoms with van der Waals surface area (Å²) in [6, 6.07) is 16.1. The SMILES string of the molecule is CCCCCCCCSc1cccc(/C=C/C(=O)c2ccc(I)cc2)c1. The molecule has 0 amide bonds. The molecule has 0 N–H and O–H groups in total. The maximum Gasteiger partial charge on any atom is 0.185 e. The number of halogens is 1. The molecular formula is C23H27IOS. The van der Waals surface area contributed by atoms with Crippen molar-refractivity contribution < 1.29 is 4.79 Å². The topological polar surface area (TPSA) is 17.1 Å². The lowest BCUT2D eigenvalue weighted by Gasteiger charge is -2.03. The van der Waals surface area contributed by atoms with E-state index in [-0.39, 0.29) is 5.78 Å². The van der Waals surface area contributed by atoms with Crippen molar-refractivity contribution in [2.24, 2.45) is 0 Å². The number of unbranched alkanes of at least 4 members (excludes halogenated alkanes) is 5. The zero-order chi connectivity index (χ0) is 18.6. The van der Waals surface area contributed by atoms with Crippen LogP contribution in [-0.2, 0) is 0 Å². The van der Waals surface area contributed by atoms with Gasteiger partial charge in [0, 0.05) is 14.0 Å². The molecule has 2 aromatic rings. The number of allylic oxidation sites excluding steroid dienone is 1. The molecule has 0 saturated heterocycles. The standard InChI is InChI=1S/C23H27IOS/c1-2-3-4-5-6-7-17-26-22-10-8-9-19(18-22)11-16-23(25)20-12-14-21(24)15-13-20/h8-16,18H,2-7,17H2,1H3/b16-11+. The van der Waals surface area contributed by atoms with E-state index in [1.54, 1.807) is 6.08 Å². The summed E-state index contributed by atoms with van der Waals surface area (Å²) in [6.07, 6.45) is 11.6. The lowest BCUT2D eigenvalue weighted by atomic mass is 10.1. The molecular weight excluding hydrogens is 451 g/mol. The van der Waals surface area contributed by atoms with E-state index in [1.165, 1.54) is 49.2 Å². The first-order valence-corrected chi connectivity index (χ1v) is 11.5. The second-order valence-electron chi connectivity index (χ2n) is 6.39. The molecule has 26 heavy (non-hydrogen) atoms. The van der Waals surface area contributed by atoms with Crippen molar-refractivity contribution in [1.82, 2.24) is 0 Å². The van der Waals surface area contributed by atoms with Crippen LogP contribution in [0.25, 0.3) is 6.08 Å². The summed E-state index contributed by atoms with van der Waals surface area (Å²) < 4.78 is 1.14. The maximum absolute atomic E-state index is 12.2. The van der Waals surface area contributed by atoms with Gasteiger partial charge in [0.15, 0.2) is 5.78 Å². The van der Waals surface area contributed by atoms with Crippen LogP contribution in [0.2, 0.25) is 0 Å². The van der Waals surface area contributed by atoms with Gasteiger partial charge in [0.2, 0.25) is 0 Å². The highest BCUT2D eigenvalue weighted by atomic mass is 127. The van der Waals surface area contributed by atoms with Crippen LogP contribution in [0.15, 0.2) is 59.5 Å². The Balaban J connectivity index is 1.80. The van der Waals surface area contributed by atoms with Crippen molar-refractivity contribution in [1.29, 1.82) is 0 Å². The predicted octanol–water partition coefficient (Wildman–Crippen LogP) is 7.64. The van der Waals surface area contributed by atoms with Crippen molar-refractivity contribution >= 4 is 46.2 Å². The molecule has 0 unspecified atom stereocenters. The average molecular weight is 478 g/mol. The first kappa shape index (κ1) is 21.2. The molecule has 0 bridgehead atoms. The largest absolute Gasteiger partial charge is 0.289 e. The van der Waals surface area contributed by atoms with Gasteiger partial charge in [-0.15, -0.1) is 11.8 Å². The molecule has 0 aliphatic carbocycles. The molecule has 0 aromatic heterocycles. The number of thioether (sulfide) groups is 1. The molecule has 2 aromatic carbocycles. The summed E-state index contributed by atoms with van der Waals surface area (Å²) in [5, 5.41) is 0. The third-order valence-corrected chi connectivity index (χ3v) is 5.98. The molecule has 1 nitrogen and oxygen atoms in total. The van der Waals surface area contributed by atoms with E-state index in [4.69, 9.17) is 0 Å². The Morgan fingerprint density at radius 2 is 1.73 bits per heavy atom. The van der Waals surface area contributed by atoms with E-state index >= 15 is 0 Å². The van der Waals surface area contributed by atoms with Gasteiger partial charge in [-0.1, -0.05) is 69.4 Å². The zero-order valence-electron chi connectivity index (χ0n) is 15.4. The zero-order valence-corrected chi connectivity index (χ0v) is 18.4. The van der Waals surface area contributed by atoms with Crippen molar-refractivity contribution in [3.63, 3.8) is 0 Å². The van der Waals surface area contributed by atoms with Gasteiger partial charge >= 0.3 is 0 Å². The Bertz CT molecular complexity index is 706. The molecule has 2 rings (SSSR count). The summed E-state index contributed by atoms with van der Waals surface area (Å²) in [6.45, 7) is 2.26. The summed E-state index contributed by atoms with van der Waals surface area (Å²) in [5.74, 6) is 1.22. The summed E-state index contributed by atoms with van der Waals surface area (Å²) in [4.78, 5) is 13.5. The highest BCUT2D eigenvalue weighted by molar-refractivity contribution is 14.1. The molecule has 0 aliphatic heterocycles. The van der Waals surface area contributed by atoms with Gasteiger partial charge in [0.05, 0.1) is 0 Å². The molecule has 0 radical (unpaired) electrons. The third-order valence-electron chi connectivity index (χ3n) is 4.18. The van der Waals surface area contributed by atoms with Gasteiger partial charge < -0.3 is 0 Å². The number of hydrogen-bond donors (Lipinski definition) is 0. The van der Waals surface area contributed by atoms with Crippen LogP contribution in [-0.4, -0.2) is 11.5 Å². The number of ketones is 1. The lowest BCUT2D eigenvalue weighted by molar-refractivity contribution is 0.104. The smallest absolute Gasteiger partial charge is 0.185 e. The highest BCUT2D eigenvalue weighted by Crippen LogP contribution is 2.22. The number of hydrogen-bond acceptors (Lipinski definition) is 2. The predicted molar refractivity (Wildman–Crippen MR) is 123 cm³/mol. The third kappa shape index (κ3) is 8.09. The normalized spacial score (nSPS) is 11.2. The fraction of sp³-hybridized carbons (Fsp3) is 0.348. The van der Waals surface area contributed by atoms with Crippen LogP contribution < -0.4 is 0 Å². The van der Waals surface area contributed by atoms with Crippen LogP contribution in [0, 0.1) is 3.57 Å². The Morgan fingerprint density at radius 3 is 2.50 bits per heavy atom. The number of benzene rings is 2. The summed E-state index contributed by atoms with van der Waals surface area (Å²) in [7, 11) is 0. The minimum atomic E-state index is 0.0477. The quantitative estimate of drug-likeness (QED) is 0.109. The molecule has 3 heteroatoms. The van der Waals surface area contributed by atoms with Gasteiger partial charge in [-0.25, -0.2) is 0 Å². The first-order chi connectivity index (χ1) is 12.7. The molecule has 0 aliphatic rings. The summed E-state index contributed by atoms with van der Waals surface area (Å²) >= 11 is 4.16. The maximum atomic E-state index is 12.2. The minimum Gasteiger partial charge on any atom is -0.289 e. The Labute approximate surface area is 175 Å². The van der Waals surface area contributed by atoms with E-state index in [1.807, 2.05) is 48.2 Å². The van der Waals surface area contributed by atoms with E-state index in [2.05, 4.69) is 47.7 Å². The number of carbonyl (C=O) groups excluding carboxylic acids is 1. The fourth-order valence-corrected chi connectivity index (χ4v) is 4.00. The minimum absolute atomic E-state index is 0.0477. The highest BCUT2D eigenvalue weighted by Gasteiger charge is 2.01. The Kier molecular flexibility index (Phi) is 10.1. The fourth-order valence-electron chi connectivity index (χ4n) is 2.66. The van der Waals surface area contributed by atoms with Crippen LogP contribution in [0.1, 0.15) is 61.4 Å². The van der Waals surface area contributed by atoms with Crippen LogP contribution in [0.4, 0.5) is 0 Å².